The van der Waals surface area contributed by atoms with Gasteiger partial charge in [-0.2, -0.15) is 0 Å². The third-order valence-electron chi connectivity index (χ3n) is 19.3. The molecule has 0 aromatic rings. The lowest BCUT2D eigenvalue weighted by atomic mass is 9.97. The SMILES string of the molecule is CCCCCCCCCCCCCCCCCCCCCCCCCCCCCCC(=O)NC(COC1OC(CO)C(OC2OC(CO)C(O)C(O)C2O)C(O)C1O)C(O)CCCCCCCCCCCCCCCCCCCCCCCCCCCC. The van der Waals surface area contributed by atoms with Crippen molar-refractivity contribution < 1.29 is 64.6 Å². The number of nitrogens with one attached hydrogen (secondary N) is 1. The van der Waals surface area contributed by atoms with Gasteiger partial charge in [-0.15, -0.1) is 0 Å². The molecule has 2 aliphatic rings. The smallest absolute Gasteiger partial charge is 0.220 e. The summed E-state index contributed by atoms with van der Waals surface area (Å²) in [4.78, 5) is 13.4. The number of ether oxygens (including phenoxy) is 4. The summed E-state index contributed by atoms with van der Waals surface area (Å²) in [6.45, 7) is 2.94. The van der Waals surface area contributed by atoms with Crippen molar-refractivity contribution in [2.45, 2.75) is 447 Å². The van der Waals surface area contributed by atoms with Crippen molar-refractivity contribution >= 4 is 5.91 Å². The summed E-state index contributed by atoms with van der Waals surface area (Å²) in [5, 5.41) is 87.8. The molecule has 14 heteroatoms. The highest BCUT2D eigenvalue weighted by Crippen LogP contribution is 2.30. The zero-order valence-electron chi connectivity index (χ0n) is 57.3. The lowest BCUT2D eigenvalue weighted by Crippen LogP contribution is -2.65. The fraction of sp³-hybridized carbons (Fsp3) is 0.986. The summed E-state index contributed by atoms with van der Waals surface area (Å²) in [5.41, 5.74) is 0. The number of hydrogen-bond donors (Lipinski definition) is 9. The Morgan fingerprint density at radius 1 is 0.364 bits per heavy atom. The molecule has 0 spiro atoms. The normalized spacial score (nSPS) is 23.0. The van der Waals surface area contributed by atoms with Crippen molar-refractivity contribution in [1.29, 1.82) is 0 Å². The summed E-state index contributed by atoms with van der Waals surface area (Å²) < 4.78 is 23.0. The topological polar surface area (TPSA) is 228 Å². The van der Waals surface area contributed by atoms with Gasteiger partial charge in [0.2, 0.25) is 5.91 Å². The lowest BCUT2D eigenvalue weighted by molar-refractivity contribution is -0.359. The Bertz CT molecular complexity index is 1480. The maximum Gasteiger partial charge on any atom is 0.220 e. The molecule has 2 aliphatic heterocycles. The van der Waals surface area contributed by atoms with E-state index in [0.717, 1.165) is 51.4 Å². The van der Waals surface area contributed by atoms with Gasteiger partial charge in [-0.25, -0.2) is 0 Å². The van der Waals surface area contributed by atoms with E-state index in [1.165, 1.54) is 295 Å². The monoisotopic (exact) mass is 1260 g/mol. The van der Waals surface area contributed by atoms with Crippen molar-refractivity contribution in [2.24, 2.45) is 0 Å². The Morgan fingerprint density at radius 3 is 0.966 bits per heavy atom. The highest BCUT2D eigenvalue weighted by Gasteiger charge is 2.51. The first kappa shape index (κ1) is 83.1. The molecule has 0 radical (unpaired) electrons. The van der Waals surface area contributed by atoms with E-state index in [4.69, 9.17) is 18.9 Å². The van der Waals surface area contributed by atoms with E-state index >= 15 is 0 Å². The van der Waals surface area contributed by atoms with Gasteiger partial charge in [-0.3, -0.25) is 4.79 Å². The molecule has 2 fully saturated rings. The van der Waals surface area contributed by atoms with E-state index in [2.05, 4.69) is 19.2 Å². The number of aliphatic hydroxyl groups excluding tert-OH is 8. The third-order valence-corrected chi connectivity index (χ3v) is 19.3. The number of amides is 1. The van der Waals surface area contributed by atoms with Gasteiger partial charge in [-0.05, 0) is 12.8 Å². The van der Waals surface area contributed by atoms with Crippen LogP contribution in [-0.4, -0.2) is 140 Å². The Hall–Kier alpha value is -1.01. The third kappa shape index (κ3) is 43.1. The van der Waals surface area contributed by atoms with Crippen LogP contribution >= 0.6 is 0 Å². The second-order valence-electron chi connectivity index (χ2n) is 27.5. The van der Waals surface area contributed by atoms with Crippen molar-refractivity contribution in [1.82, 2.24) is 5.32 Å². The second-order valence-corrected chi connectivity index (χ2v) is 27.5. The molecule has 0 saturated carbocycles. The fourth-order valence-corrected chi connectivity index (χ4v) is 13.2. The zero-order chi connectivity index (χ0) is 63.8. The van der Waals surface area contributed by atoms with Crippen molar-refractivity contribution in [3.8, 4) is 0 Å². The molecule has 524 valence electrons. The van der Waals surface area contributed by atoms with Gasteiger partial charge in [-0.1, -0.05) is 354 Å². The number of aliphatic hydroxyl groups is 8. The predicted molar refractivity (Wildman–Crippen MR) is 360 cm³/mol. The number of unbranched alkanes of at least 4 members (excludes halogenated alkanes) is 52. The van der Waals surface area contributed by atoms with E-state index in [9.17, 15) is 45.6 Å². The summed E-state index contributed by atoms with van der Waals surface area (Å²) in [5.74, 6) is -0.196. The van der Waals surface area contributed by atoms with Gasteiger partial charge < -0.3 is 65.1 Å². The second kappa shape index (κ2) is 59.7. The van der Waals surface area contributed by atoms with Crippen molar-refractivity contribution in [3.63, 3.8) is 0 Å². The lowest BCUT2D eigenvalue weighted by Gasteiger charge is -2.46. The molecule has 2 heterocycles. The average molecular weight is 1260 g/mol. The largest absolute Gasteiger partial charge is 0.394 e. The van der Waals surface area contributed by atoms with E-state index in [1.807, 2.05) is 0 Å². The fourth-order valence-electron chi connectivity index (χ4n) is 13.2. The van der Waals surface area contributed by atoms with Crippen LogP contribution in [0.1, 0.15) is 373 Å². The summed E-state index contributed by atoms with van der Waals surface area (Å²) in [6.07, 6.45) is 55.6. The molecule has 0 bridgehead atoms. The first-order valence-corrected chi connectivity index (χ1v) is 38.3. The van der Waals surface area contributed by atoms with Crippen LogP contribution in [-0.2, 0) is 23.7 Å². The summed E-state index contributed by atoms with van der Waals surface area (Å²) >= 11 is 0. The molecule has 9 N–H and O–H groups in total. The standard InChI is InChI=1S/C74H145NO13/c1-3-5-7-9-11-13-15-17-19-21-23-25-27-29-31-32-34-36-38-40-42-44-46-48-50-52-54-56-58-66(79)75-62(61-85-73-71(84)69(82)72(65(60-77)87-73)88-74-70(83)68(81)67(80)64(59-76)86-74)63(78)57-55-53-51-49-47-45-43-41-39-37-35-33-30-28-26-24-22-20-18-16-14-12-10-8-6-4-2/h62-65,67-74,76-78,80-84H,3-61H2,1-2H3,(H,75,79). The molecule has 14 nitrogen and oxygen atoms in total. The predicted octanol–water partition coefficient (Wildman–Crippen LogP) is 16.4. The van der Waals surface area contributed by atoms with E-state index < -0.39 is 86.8 Å². The van der Waals surface area contributed by atoms with E-state index in [1.54, 1.807) is 0 Å². The molecule has 2 rings (SSSR count). The van der Waals surface area contributed by atoms with Crippen LogP contribution in [0, 0.1) is 0 Å². The molecule has 12 unspecified atom stereocenters. The summed E-state index contributed by atoms with van der Waals surface area (Å²) in [7, 11) is 0. The van der Waals surface area contributed by atoms with Crippen LogP contribution in [0.5, 0.6) is 0 Å². The first-order chi connectivity index (χ1) is 43.1. The minimum absolute atomic E-state index is 0.196. The Labute approximate surface area is 540 Å². The Kier molecular flexibility index (Phi) is 56.4. The van der Waals surface area contributed by atoms with Gasteiger partial charge >= 0.3 is 0 Å². The summed E-state index contributed by atoms with van der Waals surface area (Å²) in [6, 6.07) is -0.825. The Morgan fingerprint density at radius 2 is 0.648 bits per heavy atom. The van der Waals surface area contributed by atoms with Gasteiger partial charge in [0.05, 0.1) is 32.0 Å². The number of hydrogen-bond acceptors (Lipinski definition) is 13. The number of carbonyl (C=O) groups is 1. The molecule has 1 amide bonds. The molecule has 0 aromatic heterocycles. The molecule has 88 heavy (non-hydrogen) atoms. The van der Waals surface area contributed by atoms with Crippen molar-refractivity contribution in [2.75, 3.05) is 19.8 Å². The van der Waals surface area contributed by atoms with Crippen LogP contribution in [0.15, 0.2) is 0 Å². The van der Waals surface area contributed by atoms with Crippen LogP contribution in [0.2, 0.25) is 0 Å². The van der Waals surface area contributed by atoms with Crippen LogP contribution < -0.4 is 5.32 Å². The van der Waals surface area contributed by atoms with Crippen LogP contribution in [0.3, 0.4) is 0 Å². The zero-order valence-corrected chi connectivity index (χ0v) is 57.3. The first-order valence-electron chi connectivity index (χ1n) is 38.3. The molecule has 0 aromatic carbocycles. The van der Waals surface area contributed by atoms with Gasteiger partial charge in [0.15, 0.2) is 12.6 Å². The maximum atomic E-state index is 13.4. The van der Waals surface area contributed by atoms with Crippen LogP contribution in [0.25, 0.3) is 0 Å². The highest BCUT2D eigenvalue weighted by molar-refractivity contribution is 5.76. The number of carbonyl (C=O) groups excluding carboxylic acids is 1. The van der Waals surface area contributed by atoms with Gasteiger partial charge in [0, 0.05) is 6.42 Å². The Balaban J connectivity index is 1.63. The molecular weight excluding hydrogens is 1110 g/mol. The number of rotatable bonds is 65. The van der Waals surface area contributed by atoms with Crippen LogP contribution in [0.4, 0.5) is 0 Å². The van der Waals surface area contributed by atoms with Gasteiger partial charge in [0.25, 0.3) is 0 Å². The van der Waals surface area contributed by atoms with Gasteiger partial charge in [0.1, 0.15) is 48.8 Å². The average Bonchev–Trinajstić information content (AvgIpc) is 2.03. The highest BCUT2D eigenvalue weighted by atomic mass is 16.7. The minimum atomic E-state index is -1.78. The van der Waals surface area contributed by atoms with Crippen molar-refractivity contribution in [3.05, 3.63) is 0 Å². The van der Waals surface area contributed by atoms with E-state index in [-0.39, 0.29) is 12.5 Å². The molecular formula is C74H145NO13. The molecule has 2 saturated heterocycles. The maximum absolute atomic E-state index is 13.4. The quantitative estimate of drug-likeness (QED) is 0.0259. The molecule has 0 aliphatic carbocycles. The molecule has 12 atom stereocenters. The minimum Gasteiger partial charge on any atom is -0.394 e. The van der Waals surface area contributed by atoms with E-state index in [0.29, 0.717) is 12.8 Å².